The molecule has 5 heteroatoms. The van der Waals surface area contributed by atoms with E-state index in [4.69, 9.17) is 9.84 Å². The molecule has 1 aromatic heterocycles. The molecule has 0 aliphatic heterocycles. The van der Waals surface area contributed by atoms with Crippen molar-refractivity contribution in [3.63, 3.8) is 0 Å². The number of aliphatic hydroxyl groups is 1. The molecule has 2 aromatic rings. The molecule has 0 aliphatic carbocycles. The van der Waals surface area contributed by atoms with Crippen LogP contribution in [0.2, 0.25) is 0 Å². The molecule has 0 aliphatic rings. The summed E-state index contributed by atoms with van der Waals surface area (Å²) in [6, 6.07) is 5.39. The zero-order chi connectivity index (χ0) is 15.1. The molecule has 0 bridgehead atoms. The van der Waals surface area contributed by atoms with Crippen LogP contribution < -0.4 is 4.74 Å². The number of ether oxygens (including phenoxy) is 1. The predicted octanol–water partition coefficient (Wildman–Crippen LogP) is 2.67. The van der Waals surface area contributed by atoms with E-state index in [-0.39, 0.29) is 13.2 Å². The van der Waals surface area contributed by atoms with Gasteiger partial charge in [0, 0.05) is 29.8 Å². The summed E-state index contributed by atoms with van der Waals surface area (Å²) in [4.78, 5) is 3.71. The summed E-state index contributed by atoms with van der Waals surface area (Å²) in [5.41, 5.74) is 1.00. The second kappa shape index (κ2) is 7.36. The van der Waals surface area contributed by atoms with Crippen LogP contribution in [0.4, 0.5) is 8.78 Å². The van der Waals surface area contributed by atoms with Crippen molar-refractivity contribution in [3.8, 4) is 17.6 Å². The van der Waals surface area contributed by atoms with E-state index in [0.717, 1.165) is 6.20 Å². The first-order chi connectivity index (χ1) is 10.2. The highest BCUT2D eigenvalue weighted by Crippen LogP contribution is 2.17. The summed E-state index contributed by atoms with van der Waals surface area (Å²) < 4.78 is 31.8. The highest BCUT2D eigenvalue weighted by Gasteiger charge is 2.02. The monoisotopic (exact) mass is 289 g/mol. The summed E-state index contributed by atoms with van der Waals surface area (Å²) in [5, 5.41) is 8.65. The predicted molar refractivity (Wildman–Crippen MR) is 73.5 cm³/mol. The summed E-state index contributed by atoms with van der Waals surface area (Å²) in [6.07, 6.45) is 2.90. The lowest BCUT2D eigenvalue weighted by molar-refractivity contribution is 0.303. The van der Waals surface area contributed by atoms with Crippen LogP contribution in [0.3, 0.4) is 0 Å². The molecule has 0 amide bonds. The number of aliphatic hydroxyl groups excluding tert-OH is 1. The zero-order valence-corrected chi connectivity index (χ0v) is 11.1. The van der Waals surface area contributed by atoms with Crippen LogP contribution in [0, 0.1) is 23.5 Å². The lowest BCUT2D eigenvalue weighted by Gasteiger charge is -2.07. The molecule has 3 nitrogen and oxygen atoms in total. The molecule has 1 aromatic carbocycles. The highest BCUT2D eigenvalue weighted by atomic mass is 19.1. The Bertz CT molecular complexity index is 677. The SMILES string of the molecule is OCCC#Cc1cc(F)cc(OCc2cncc(F)c2)c1. The van der Waals surface area contributed by atoms with Crippen molar-refractivity contribution in [1.82, 2.24) is 4.98 Å². The van der Waals surface area contributed by atoms with Crippen molar-refractivity contribution >= 4 is 0 Å². The first-order valence-electron chi connectivity index (χ1n) is 6.30. The number of halogens is 2. The first-order valence-corrected chi connectivity index (χ1v) is 6.30. The maximum atomic E-state index is 13.5. The van der Waals surface area contributed by atoms with Gasteiger partial charge in [-0.15, -0.1) is 0 Å². The lowest BCUT2D eigenvalue weighted by atomic mass is 10.2. The molecule has 0 saturated carbocycles. The number of rotatable bonds is 4. The van der Waals surface area contributed by atoms with Crippen molar-refractivity contribution < 1.29 is 18.6 Å². The Balaban J connectivity index is 2.08. The molecule has 0 spiro atoms. The number of hydrogen-bond acceptors (Lipinski definition) is 3. The second-order valence-corrected chi connectivity index (χ2v) is 4.25. The van der Waals surface area contributed by atoms with Crippen LogP contribution in [-0.2, 0) is 6.61 Å². The number of benzene rings is 1. The third-order valence-electron chi connectivity index (χ3n) is 2.51. The minimum absolute atomic E-state index is 0.0434. The summed E-state index contributed by atoms with van der Waals surface area (Å²) in [6.45, 7) is 0.0377. The average molecular weight is 289 g/mol. The van der Waals surface area contributed by atoms with Crippen LogP contribution in [0.25, 0.3) is 0 Å². The molecular weight excluding hydrogens is 276 g/mol. The van der Waals surface area contributed by atoms with Gasteiger partial charge in [-0.1, -0.05) is 11.8 Å². The quantitative estimate of drug-likeness (QED) is 0.880. The third-order valence-corrected chi connectivity index (χ3v) is 2.51. The van der Waals surface area contributed by atoms with Gasteiger partial charge in [0.25, 0.3) is 0 Å². The fraction of sp³-hybridized carbons (Fsp3) is 0.188. The Morgan fingerprint density at radius 2 is 1.95 bits per heavy atom. The lowest BCUT2D eigenvalue weighted by Crippen LogP contribution is -1.97. The molecule has 0 fully saturated rings. The van der Waals surface area contributed by atoms with Crippen LogP contribution in [0.1, 0.15) is 17.5 Å². The number of aromatic nitrogens is 1. The second-order valence-electron chi connectivity index (χ2n) is 4.25. The van der Waals surface area contributed by atoms with Gasteiger partial charge >= 0.3 is 0 Å². The van der Waals surface area contributed by atoms with E-state index in [9.17, 15) is 8.78 Å². The Morgan fingerprint density at radius 1 is 1.10 bits per heavy atom. The summed E-state index contributed by atoms with van der Waals surface area (Å²) >= 11 is 0. The highest BCUT2D eigenvalue weighted by molar-refractivity contribution is 5.40. The molecule has 1 N–H and O–H groups in total. The Morgan fingerprint density at radius 3 is 2.71 bits per heavy atom. The van der Waals surface area contributed by atoms with Crippen molar-refractivity contribution in [1.29, 1.82) is 0 Å². The largest absolute Gasteiger partial charge is 0.489 e. The van der Waals surface area contributed by atoms with Crippen LogP contribution >= 0.6 is 0 Å². The van der Waals surface area contributed by atoms with E-state index in [1.807, 2.05) is 0 Å². The smallest absolute Gasteiger partial charge is 0.141 e. The topological polar surface area (TPSA) is 42.4 Å². The number of pyridine rings is 1. The summed E-state index contributed by atoms with van der Waals surface area (Å²) in [7, 11) is 0. The number of nitrogens with zero attached hydrogens (tertiary/aromatic N) is 1. The molecule has 2 rings (SSSR count). The molecule has 21 heavy (non-hydrogen) atoms. The molecule has 108 valence electrons. The average Bonchev–Trinajstić information content (AvgIpc) is 2.45. The fourth-order valence-corrected chi connectivity index (χ4v) is 1.64. The molecular formula is C16H13F2NO2. The normalized spacial score (nSPS) is 9.86. The molecule has 0 atom stereocenters. The van der Waals surface area contributed by atoms with E-state index >= 15 is 0 Å². The van der Waals surface area contributed by atoms with Gasteiger partial charge in [-0.2, -0.15) is 0 Å². The van der Waals surface area contributed by atoms with Gasteiger partial charge in [-0.05, 0) is 18.2 Å². The maximum absolute atomic E-state index is 13.5. The Kier molecular flexibility index (Phi) is 5.24. The van der Waals surface area contributed by atoms with Crippen molar-refractivity contribution in [3.05, 3.63) is 59.4 Å². The molecule has 1 heterocycles. The van der Waals surface area contributed by atoms with E-state index in [1.54, 1.807) is 6.07 Å². The van der Waals surface area contributed by atoms with Gasteiger partial charge in [-0.25, -0.2) is 8.78 Å². The van der Waals surface area contributed by atoms with E-state index < -0.39 is 11.6 Å². The molecule has 0 saturated heterocycles. The van der Waals surface area contributed by atoms with E-state index in [1.165, 1.54) is 24.4 Å². The Hall–Kier alpha value is -2.45. The van der Waals surface area contributed by atoms with Crippen LogP contribution in [0.5, 0.6) is 5.75 Å². The van der Waals surface area contributed by atoms with Gasteiger partial charge in [0.1, 0.15) is 24.0 Å². The van der Waals surface area contributed by atoms with Crippen molar-refractivity contribution in [2.75, 3.05) is 6.61 Å². The van der Waals surface area contributed by atoms with E-state index in [0.29, 0.717) is 23.3 Å². The van der Waals surface area contributed by atoms with E-state index in [2.05, 4.69) is 16.8 Å². The third kappa shape index (κ3) is 4.86. The minimum Gasteiger partial charge on any atom is -0.489 e. The standard InChI is InChI=1S/C16H13F2NO2/c17-14-5-12(3-1-2-4-20)7-16(8-14)21-11-13-6-15(18)10-19-9-13/h5-10,20H,2,4,11H2. The van der Waals surface area contributed by atoms with Gasteiger partial charge in [-0.3, -0.25) is 4.98 Å². The van der Waals surface area contributed by atoms with Crippen molar-refractivity contribution in [2.24, 2.45) is 0 Å². The summed E-state index contributed by atoms with van der Waals surface area (Å²) in [5.74, 6) is 4.81. The van der Waals surface area contributed by atoms with Crippen molar-refractivity contribution in [2.45, 2.75) is 13.0 Å². The minimum atomic E-state index is -0.474. The van der Waals surface area contributed by atoms with Crippen LogP contribution in [-0.4, -0.2) is 16.7 Å². The zero-order valence-electron chi connectivity index (χ0n) is 11.1. The van der Waals surface area contributed by atoms with Gasteiger partial charge in [0.2, 0.25) is 0 Å². The van der Waals surface area contributed by atoms with Crippen LogP contribution in [0.15, 0.2) is 36.7 Å². The van der Waals surface area contributed by atoms with Gasteiger partial charge in [0.05, 0.1) is 12.8 Å². The number of hydrogen-bond donors (Lipinski definition) is 1. The molecule has 0 unspecified atom stereocenters. The molecule has 0 radical (unpaired) electrons. The van der Waals surface area contributed by atoms with Gasteiger partial charge < -0.3 is 9.84 Å². The van der Waals surface area contributed by atoms with Gasteiger partial charge in [0.15, 0.2) is 0 Å². The fourth-order valence-electron chi connectivity index (χ4n) is 1.64. The first kappa shape index (κ1) is 14.9. The maximum Gasteiger partial charge on any atom is 0.141 e. The Labute approximate surface area is 121 Å².